The number of hydrogen-bond acceptors (Lipinski definition) is 3. The normalized spacial score (nSPS) is 11.7. The average Bonchev–Trinajstić information content (AvgIpc) is 2.90. The Labute approximate surface area is 123 Å². The van der Waals surface area contributed by atoms with Gasteiger partial charge in [-0.05, 0) is 30.2 Å². The fourth-order valence-corrected chi connectivity index (χ4v) is 2.93. The molecule has 1 aromatic carbocycles. The number of aromatic amines is 1. The number of halogens is 1. The molecule has 1 aromatic heterocycles. The average molecular weight is 314 g/mol. The first-order valence-corrected chi connectivity index (χ1v) is 7.99. The summed E-state index contributed by atoms with van der Waals surface area (Å²) in [5.74, 6) is 0. The molecule has 7 heteroatoms. The molecular formula is C13H16ClN3O2S. The zero-order valence-electron chi connectivity index (χ0n) is 10.8. The highest BCUT2D eigenvalue weighted by Crippen LogP contribution is 2.11. The van der Waals surface area contributed by atoms with Gasteiger partial charge in [-0.3, -0.25) is 0 Å². The van der Waals surface area contributed by atoms with Crippen molar-refractivity contribution < 1.29 is 8.42 Å². The SMILES string of the molecule is NCc1cc(S(=O)(=O)NCCc2ccc(Cl)cc2)c[nH]1. The van der Waals surface area contributed by atoms with Gasteiger partial charge in [0, 0.05) is 30.0 Å². The summed E-state index contributed by atoms with van der Waals surface area (Å²) >= 11 is 5.79. The third kappa shape index (κ3) is 3.83. The number of nitrogens with one attached hydrogen (secondary N) is 2. The lowest BCUT2D eigenvalue weighted by Crippen LogP contribution is -2.25. The molecule has 2 aromatic rings. The number of nitrogens with two attached hydrogens (primary N) is 1. The standard InChI is InChI=1S/C13H16ClN3O2S/c14-11-3-1-10(2-4-11)5-6-17-20(18,19)13-7-12(8-15)16-9-13/h1-4,7,9,16-17H,5-6,8,15H2. The number of aromatic nitrogens is 1. The molecule has 0 atom stereocenters. The molecule has 108 valence electrons. The minimum Gasteiger partial charge on any atom is -0.363 e. The van der Waals surface area contributed by atoms with Gasteiger partial charge in [0.25, 0.3) is 0 Å². The van der Waals surface area contributed by atoms with Crippen LogP contribution in [0.25, 0.3) is 0 Å². The Bertz CT molecular complexity index is 665. The van der Waals surface area contributed by atoms with E-state index in [9.17, 15) is 8.42 Å². The third-order valence-electron chi connectivity index (χ3n) is 2.87. The van der Waals surface area contributed by atoms with Crippen molar-refractivity contribution in [3.63, 3.8) is 0 Å². The summed E-state index contributed by atoms with van der Waals surface area (Å²) in [6.07, 6.45) is 2.04. The molecule has 0 fully saturated rings. The van der Waals surface area contributed by atoms with Crippen LogP contribution in [0.2, 0.25) is 5.02 Å². The first kappa shape index (κ1) is 15.1. The Morgan fingerprint density at radius 3 is 2.55 bits per heavy atom. The predicted octanol–water partition coefficient (Wildman–Crippen LogP) is 1.65. The fourth-order valence-electron chi connectivity index (χ4n) is 1.76. The molecule has 0 radical (unpaired) electrons. The van der Waals surface area contributed by atoms with Gasteiger partial charge in [0.15, 0.2) is 0 Å². The van der Waals surface area contributed by atoms with Gasteiger partial charge in [-0.25, -0.2) is 13.1 Å². The van der Waals surface area contributed by atoms with Gasteiger partial charge >= 0.3 is 0 Å². The van der Waals surface area contributed by atoms with Gasteiger partial charge < -0.3 is 10.7 Å². The van der Waals surface area contributed by atoms with Crippen LogP contribution in [0.15, 0.2) is 41.4 Å². The van der Waals surface area contributed by atoms with Crippen molar-refractivity contribution in [2.45, 2.75) is 17.9 Å². The van der Waals surface area contributed by atoms with E-state index in [4.69, 9.17) is 17.3 Å². The molecule has 0 saturated heterocycles. The molecule has 0 bridgehead atoms. The second-order valence-electron chi connectivity index (χ2n) is 4.34. The Morgan fingerprint density at radius 1 is 1.25 bits per heavy atom. The molecule has 0 amide bonds. The fraction of sp³-hybridized carbons (Fsp3) is 0.231. The van der Waals surface area contributed by atoms with E-state index in [1.165, 1.54) is 12.3 Å². The van der Waals surface area contributed by atoms with Crippen molar-refractivity contribution in [1.82, 2.24) is 9.71 Å². The van der Waals surface area contributed by atoms with Crippen molar-refractivity contribution in [1.29, 1.82) is 0 Å². The van der Waals surface area contributed by atoms with Crippen LogP contribution in [-0.2, 0) is 23.0 Å². The van der Waals surface area contributed by atoms with E-state index in [0.717, 1.165) is 5.56 Å². The first-order valence-electron chi connectivity index (χ1n) is 6.13. The molecule has 0 aliphatic heterocycles. The Hall–Kier alpha value is -1.34. The van der Waals surface area contributed by atoms with Crippen LogP contribution in [0, 0.1) is 0 Å². The summed E-state index contributed by atoms with van der Waals surface area (Å²) in [4.78, 5) is 3.02. The monoisotopic (exact) mass is 313 g/mol. The van der Waals surface area contributed by atoms with Crippen LogP contribution in [0.3, 0.4) is 0 Å². The number of sulfonamides is 1. The molecule has 2 rings (SSSR count). The summed E-state index contributed by atoms with van der Waals surface area (Å²) in [7, 11) is -3.49. The van der Waals surface area contributed by atoms with Crippen LogP contribution >= 0.6 is 11.6 Å². The molecule has 0 spiro atoms. The molecule has 5 nitrogen and oxygen atoms in total. The highest BCUT2D eigenvalue weighted by atomic mass is 35.5. The number of rotatable bonds is 6. The molecular weight excluding hydrogens is 298 g/mol. The molecule has 1 heterocycles. The summed E-state index contributed by atoms with van der Waals surface area (Å²) in [6.45, 7) is 0.605. The van der Waals surface area contributed by atoms with E-state index in [1.54, 1.807) is 12.1 Å². The highest BCUT2D eigenvalue weighted by molar-refractivity contribution is 7.89. The Balaban J connectivity index is 1.94. The molecule has 0 aliphatic rings. The van der Waals surface area contributed by atoms with E-state index >= 15 is 0 Å². The van der Waals surface area contributed by atoms with E-state index in [-0.39, 0.29) is 11.4 Å². The van der Waals surface area contributed by atoms with Gasteiger partial charge in [0.05, 0.1) is 4.90 Å². The Morgan fingerprint density at radius 2 is 1.95 bits per heavy atom. The first-order chi connectivity index (χ1) is 9.51. The zero-order valence-corrected chi connectivity index (χ0v) is 12.3. The predicted molar refractivity (Wildman–Crippen MR) is 79.0 cm³/mol. The Kier molecular flexibility index (Phi) is 4.82. The second-order valence-corrected chi connectivity index (χ2v) is 6.54. The lowest BCUT2D eigenvalue weighted by atomic mass is 10.2. The summed E-state index contributed by atoms with van der Waals surface area (Å²) in [5.41, 5.74) is 7.14. The third-order valence-corrected chi connectivity index (χ3v) is 4.56. The van der Waals surface area contributed by atoms with E-state index in [0.29, 0.717) is 23.7 Å². The maximum absolute atomic E-state index is 12.0. The quantitative estimate of drug-likeness (QED) is 0.757. The van der Waals surface area contributed by atoms with Crippen molar-refractivity contribution >= 4 is 21.6 Å². The van der Waals surface area contributed by atoms with Gasteiger partial charge in [-0.1, -0.05) is 23.7 Å². The number of H-pyrrole nitrogens is 1. The lowest BCUT2D eigenvalue weighted by molar-refractivity contribution is 0.582. The highest BCUT2D eigenvalue weighted by Gasteiger charge is 2.14. The van der Waals surface area contributed by atoms with Crippen molar-refractivity contribution in [3.8, 4) is 0 Å². The van der Waals surface area contributed by atoms with Crippen LogP contribution < -0.4 is 10.5 Å². The van der Waals surface area contributed by atoms with E-state index in [1.807, 2.05) is 12.1 Å². The maximum atomic E-state index is 12.0. The summed E-state index contributed by atoms with van der Waals surface area (Å²) in [5, 5.41) is 0.663. The summed E-state index contributed by atoms with van der Waals surface area (Å²) in [6, 6.07) is 8.85. The maximum Gasteiger partial charge on any atom is 0.242 e. The van der Waals surface area contributed by atoms with Crippen molar-refractivity contribution in [2.75, 3.05) is 6.54 Å². The van der Waals surface area contributed by atoms with Crippen LogP contribution in [0.1, 0.15) is 11.3 Å². The van der Waals surface area contributed by atoms with Crippen LogP contribution in [-0.4, -0.2) is 19.9 Å². The minimum absolute atomic E-state index is 0.203. The summed E-state index contributed by atoms with van der Waals surface area (Å²) < 4.78 is 26.6. The van der Waals surface area contributed by atoms with Gasteiger partial charge in [0.2, 0.25) is 10.0 Å². The molecule has 20 heavy (non-hydrogen) atoms. The zero-order chi connectivity index (χ0) is 14.6. The number of hydrogen-bond donors (Lipinski definition) is 3. The smallest absolute Gasteiger partial charge is 0.242 e. The van der Waals surface area contributed by atoms with Crippen LogP contribution in [0.4, 0.5) is 0 Å². The lowest BCUT2D eigenvalue weighted by Gasteiger charge is -2.05. The molecule has 0 unspecified atom stereocenters. The molecule has 0 aliphatic carbocycles. The van der Waals surface area contributed by atoms with Crippen LogP contribution in [0.5, 0.6) is 0 Å². The number of benzene rings is 1. The van der Waals surface area contributed by atoms with Crippen molar-refractivity contribution in [2.24, 2.45) is 5.73 Å². The van der Waals surface area contributed by atoms with Gasteiger partial charge in [-0.2, -0.15) is 0 Å². The van der Waals surface area contributed by atoms with Crippen molar-refractivity contribution in [3.05, 3.63) is 52.8 Å². The molecule has 4 N–H and O–H groups in total. The van der Waals surface area contributed by atoms with Gasteiger partial charge in [-0.15, -0.1) is 0 Å². The topological polar surface area (TPSA) is 88.0 Å². The van der Waals surface area contributed by atoms with E-state index < -0.39 is 10.0 Å². The van der Waals surface area contributed by atoms with Gasteiger partial charge in [0.1, 0.15) is 0 Å². The molecule has 0 saturated carbocycles. The largest absolute Gasteiger partial charge is 0.363 e. The second kappa shape index (κ2) is 6.41. The van der Waals surface area contributed by atoms with E-state index in [2.05, 4.69) is 9.71 Å². The minimum atomic E-state index is -3.49.